The van der Waals surface area contributed by atoms with E-state index in [0.717, 1.165) is 37.1 Å². The van der Waals surface area contributed by atoms with Gasteiger partial charge in [0, 0.05) is 23.6 Å². The van der Waals surface area contributed by atoms with Crippen molar-refractivity contribution in [3.05, 3.63) is 101 Å². The molecule has 1 spiro atoms. The first-order valence-corrected chi connectivity index (χ1v) is 12.0. The van der Waals surface area contributed by atoms with Gasteiger partial charge in [0.05, 0.1) is 11.4 Å². The van der Waals surface area contributed by atoms with E-state index in [4.69, 9.17) is 4.99 Å². The van der Waals surface area contributed by atoms with Gasteiger partial charge in [-0.15, -0.1) is 0 Å². The van der Waals surface area contributed by atoms with Crippen LogP contribution >= 0.6 is 0 Å². The van der Waals surface area contributed by atoms with Crippen LogP contribution in [0.25, 0.3) is 5.57 Å². The van der Waals surface area contributed by atoms with Gasteiger partial charge >= 0.3 is 0 Å². The summed E-state index contributed by atoms with van der Waals surface area (Å²) in [6, 6.07) is 20.0. The second-order valence-electron chi connectivity index (χ2n) is 9.73. The van der Waals surface area contributed by atoms with E-state index in [1.165, 1.54) is 40.8 Å². The Labute approximate surface area is 188 Å². The zero-order chi connectivity index (χ0) is 21.3. The minimum Gasteiger partial charge on any atom is -0.317 e. The Morgan fingerprint density at radius 1 is 0.938 bits per heavy atom. The van der Waals surface area contributed by atoms with Crippen LogP contribution in [-0.2, 0) is 11.2 Å². The molecule has 3 unspecified atom stereocenters. The maximum absolute atomic E-state index is 12.4. The molecule has 0 aromatic heterocycles. The molecule has 5 aliphatic rings. The number of hydrogen-bond acceptors (Lipinski definition) is 3. The fraction of sp³-hybridized carbons (Fsp3) is 0.310. The molecule has 2 aromatic rings. The van der Waals surface area contributed by atoms with Gasteiger partial charge in [-0.25, -0.2) is 0 Å². The summed E-state index contributed by atoms with van der Waals surface area (Å²) in [6.45, 7) is 0. The van der Waals surface area contributed by atoms with Crippen LogP contribution < -0.4 is 0 Å². The molecule has 32 heavy (non-hydrogen) atoms. The Hall–Kier alpha value is -3.20. The lowest BCUT2D eigenvalue weighted by molar-refractivity contribution is -0.110. The fourth-order valence-electron chi connectivity index (χ4n) is 7.02. The van der Waals surface area contributed by atoms with Crippen molar-refractivity contribution in [2.45, 2.75) is 50.1 Å². The van der Waals surface area contributed by atoms with Gasteiger partial charge in [-0.05, 0) is 66.5 Å². The largest absolute Gasteiger partial charge is 0.317 e. The summed E-state index contributed by atoms with van der Waals surface area (Å²) >= 11 is 0. The first-order chi connectivity index (χ1) is 15.8. The molecular weight excluding hydrogens is 392 g/mol. The number of allylic oxidation sites excluding steroid dienone is 5. The molecule has 1 saturated carbocycles. The maximum atomic E-state index is 12.4. The molecule has 3 aliphatic carbocycles. The van der Waals surface area contributed by atoms with Crippen molar-refractivity contribution in [3.8, 4) is 0 Å². The molecule has 2 heterocycles. The number of rotatable bonds is 1. The van der Waals surface area contributed by atoms with Crippen LogP contribution in [0.4, 0.5) is 0 Å². The average Bonchev–Trinajstić information content (AvgIpc) is 3.16. The smallest absolute Gasteiger partial charge is 0.180 e. The van der Waals surface area contributed by atoms with Crippen LogP contribution in [0.2, 0.25) is 0 Å². The normalized spacial score (nSPS) is 30.0. The summed E-state index contributed by atoms with van der Waals surface area (Å²) in [6.07, 6.45) is 12.1. The van der Waals surface area contributed by atoms with Crippen molar-refractivity contribution < 1.29 is 4.79 Å². The van der Waals surface area contributed by atoms with Crippen molar-refractivity contribution in [1.82, 2.24) is 4.90 Å². The summed E-state index contributed by atoms with van der Waals surface area (Å²) in [5, 5.41) is 0. The maximum Gasteiger partial charge on any atom is 0.180 e. The summed E-state index contributed by atoms with van der Waals surface area (Å²) in [5.74, 6) is 0.798. The minimum atomic E-state index is -0.264. The van der Waals surface area contributed by atoms with Gasteiger partial charge in [0.25, 0.3) is 0 Å². The van der Waals surface area contributed by atoms with Crippen LogP contribution in [0.3, 0.4) is 0 Å². The number of carbonyl (C=O) groups excluding carboxylic acids is 1. The second kappa shape index (κ2) is 6.65. The third kappa shape index (κ3) is 2.37. The van der Waals surface area contributed by atoms with Crippen LogP contribution in [0.1, 0.15) is 54.7 Å². The quantitative estimate of drug-likeness (QED) is 0.548. The van der Waals surface area contributed by atoms with E-state index in [1.54, 1.807) is 6.08 Å². The highest BCUT2D eigenvalue weighted by Crippen LogP contribution is 2.62. The monoisotopic (exact) mass is 418 g/mol. The highest BCUT2D eigenvalue weighted by Gasteiger charge is 2.59. The molecule has 0 amide bonds. The Balaban J connectivity index is 1.55. The first-order valence-electron chi connectivity index (χ1n) is 12.0. The molecule has 0 bridgehead atoms. The van der Waals surface area contributed by atoms with Gasteiger partial charge in [-0.3, -0.25) is 9.79 Å². The van der Waals surface area contributed by atoms with Crippen LogP contribution in [0.5, 0.6) is 0 Å². The van der Waals surface area contributed by atoms with E-state index in [0.29, 0.717) is 11.8 Å². The topological polar surface area (TPSA) is 32.7 Å². The summed E-state index contributed by atoms with van der Waals surface area (Å²) < 4.78 is 0. The Bertz CT molecular complexity index is 1270. The molecule has 2 aromatic carbocycles. The van der Waals surface area contributed by atoms with Crippen molar-refractivity contribution in [1.29, 1.82) is 0 Å². The van der Waals surface area contributed by atoms with Crippen molar-refractivity contribution in [2.24, 2.45) is 10.9 Å². The Morgan fingerprint density at radius 2 is 1.78 bits per heavy atom. The van der Waals surface area contributed by atoms with Crippen LogP contribution in [0.15, 0.2) is 89.2 Å². The van der Waals surface area contributed by atoms with Crippen molar-refractivity contribution in [3.63, 3.8) is 0 Å². The van der Waals surface area contributed by atoms with Gasteiger partial charge < -0.3 is 4.90 Å². The molecule has 7 rings (SSSR count). The Kier molecular flexibility index (Phi) is 3.82. The molecular formula is C29H26N2O. The highest BCUT2D eigenvalue weighted by atomic mass is 16.1. The highest BCUT2D eigenvalue weighted by molar-refractivity contribution is 6.20. The van der Waals surface area contributed by atoms with E-state index >= 15 is 0 Å². The number of hydrogen-bond donors (Lipinski definition) is 0. The Morgan fingerprint density at radius 3 is 2.69 bits per heavy atom. The summed E-state index contributed by atoms with van der Waals surface area (Å²) in [4.78, 5) is 20.4. The lowest BCUT2D eigenvalue weighted by atomic mass is 9.61. The van der Waals surface area contributed by atoms with E-state index in [9.17, 15) is 4.79 Å². The van der Waals surface area contributed by atoms with Crippen molar-refractivity contribution >= 4 is 17.1 Å². The number of aliphatic imine (C=N–C) groups is 1. The van der Waals surface area contributed by atoms with E-state index in [2.05, 4.69) is 59.5 Å². The third-order valence-corrected chi connectivity index (χ3v) is 8.18. The second-order valence-corrected chi connectivity index (χ2v) is 9.73. The van der Waals surface area contributed by atoms with Crippen LogP contribution in [-0.4, -0.2) is 22.1 Å². The summed E-state index contributed by atoms with van der Waals surface area (Å²) in [7, 11) is 0. The predicted molar refractivity (Wildman–Crippen MR) is 127 cm³/mol. The van der Waals surface area contributed by atoms with Gasteiger partial charge in [-0.1, -0.05) is 61.0 Å². The van der Waals surface area contributed by atoms with E-state index < -0.39 is 0 Å². The lowest BCUT2D eigenvalue weighted by Crippen LogP contribution is -2.56. The van der Waals surface area contributed by atoms with Gasteiger partial charge in [-0.2, -0.15) is 0 Å². The fourth-order valence-corrected chi connectivity index (χ4v) is 7.02. The first kappa shape index (κ1) is 18.4. The zero-order valence-corrected chi connectivity index (χ0v) is 18.1. The molecule has 0 radical (unpaired) electrons. The number of ketones is 1. The minimum absolute atomic E-state index is 0.0758. The average molecular weight is 419 g/mol. The molecule has 0 N–H and O–H groups in total. The number of fused-ring (bicyclic) bond motifs is 5. The van der Waals surface area contributed by atoms with Gasteiger partial charge in [0.15, 0.2) is 5.78 Å². The molecule has 0 saturated heterocycles. The standard InChI is InChI=1S/C29H26N2O/c32-21-14-15-24-26(18-21)31-25-16-13-19-8-4-5-11-22(19)28(25)27(20-9-2-1-3-10-20)23-12-6-7-17-29(23,31)30-24/h1-5,8-11,14-15,18,23,27H,6-7,12-13,16-17H2. The predicted octanol–water partition coefficient (Wildman–Crippen LogP) is 5.81. The molecule has 1 fully saturated rings. The number of carbonyl (C=O) groups is 1. The number of aryl methyl sites for hydroxylation is 1. The molecule has 3 heteroatoms. The number of benzene rings is 2. The van der Waals surface area contributed by atoms with E-state index in [1.807, 2.05) is 12.2 Å². The van der Waals surface area contributed by atoms with Gasteiger partial charge in [0.1, 0.15) is 5.66 Å². The van der Waals surface area contributed by atoms with Crippen molar-refractivity contribution in [2.75, 3.05) is 0 Å². The SMILES string of the molecule is O=C1C=CC2=NC34CCCCC3C(c3ccccc3)C3=C(CCc5ccccc53)N4C2=C1. The molecule has 3 atom stereocenters. The zero-order valence-electron chi connectivity index (χ0n) is 18.1. The van der Waals surface area contributed by atoms with Gasteiger partial charge in [0.2, 0.25) is 0 Å². The number of nitrogens with zero attached hydrogens (tertiary/aromatic N) is 2. The molecule has 3 nitrogen and oxygen atoms in total. The summed E-state index contributed by atoms with van der Waals surface area (Å²) in [5.41, 5.74) is 8.87. The molecule has 158 valence electrons. The van der Waals surface area contributed by atoms with Crippen LogP contribution in [0, 0.1) is 5.92 Å². The molecule has 2 aliphatic heterocycles. The van der Waals surface area contributed by atoms with E-state index in [-0.39, 0.29) is 11.4 Å². The lowest BCUT2D eigenvalue weighted by Gasteiger charge is -2.56. The third-order valence-electron chi connectivity index (χ3n) is 8.18.